The number of benzene rings is 2. The molecule has 7 rings (SSSR count). The molecule has 2 aliphatic heterocycles. The first-order valence-corrected chi connectivity index (χ1v) is 13.0. The highest BCUT2D eigenvalue weighted by molar-refractivity contribution is 6.11. The van der Waals surface area contributed by atoms with E-state index in [1.54, 1.807) is 0 Å². The number of nitrogens with zero attached hydrogens (tertiary/aromatic N) is 3. The molecule has 178 valence electrons. The minimum Gasteiger partial charge on any atom is -0.353 e. The van der Waals surface area contributed by atoms with Crippen molar-refractivity contribution in [3.05, 3.63) is 70.9 Å². The molecule has 6 heteroatoms. The van der Waals surface area contributed by atoms with E-state index in [1.807, 2.05) is 11.1 Å². The van der Waals surface area contributed by atoms with Crippen molar-refractivity contribution in [3.63, 3.8) is 0 Å². The summed E-state index contributed by atoms with van der Waals surface area (Å²) in [6.45, 7) is 5.64. The van der Waals surface area contributed by atoms with Crippen molar-refractivity contribution >= 4 is 22.5 Å². The number of hydrogen-bond donors (Lipinski definition) is 2. The van der Waals surface area contributed by atoms with E-state index in [0.29, 0.717) is 12.5 Å². The number of nitrogens with one attached hydrogen (secondary N) is 2. The molecule has 3 aliphatic rings. The van der Waals surface area contributed by atoms with Gasteiger partial charge in [-0.3, -0.25) is 14.8 Å². The minimum atomic E-state index is -0.408. The molecule has 1 spiro atoms. The van der Waals surface area contributed by atoms with Gasteiger partial charge in [-0.2, -0.15) is 5.10 Å². The zero-order valence-corrected chi connectivity index (χ0v) is 20.2. The molecule has 0 atom stereocenters. The molecule has 0 radical (unpaired) electrons. The zero-order chi connectivity index (χ0) is 23.6. The van der Waals surface area contributed by atoms with Gasteiger partial charge in [0.05, 0.1) is 23.0 Å². The first kappa shape index (κ1) is 20.9. The van der Waals surface area contributed by atoms with Crippen molar-refractivity contribution in [1.29, 1.82) is 0 Å². The Bertz CT molecular complexity index is 1420. The van der Waals surface area contributed by atoms with E-state index in [-0.39, 0.29) is 0 Å². The third-order valence-electron chi connectivity index (χ3n) is 8.60. The van der Waals surface area contributed by atoms with Crippen LogP contribution >= 0.6 is 0 Å². The lowest BCUT2D eigenvalue weighted by molar-refractivity contribution is -0.124. The summed E-state index contributed by atoms with van der Waals surface area (Å²) in [5.41, 5.74) is 9.36. The van der Waals surface area contributed by atoms with Gasteiger partial charge in [0.1, 0.15) is 0 Å². The summed E-state index contributed by atoms with van der Waals surface area (Å²) in [6.07, 6.45) is 6.91. The standard InChI is InChI=1S/C29H31N5O/c1-2-34-25-15-22-21-10-6-9-20-17-30-32-26(20)27(21)31-24(22)16-23(25)29(28(34)35)11-13-33(14-12-29)18-19-7-4-3-5-8-19/h3-5,7-8,15-17,31H,2,6,9-14,18H2,1H3,(H,30,32). The van der Waals surface area contributed by atoms with E-state index >= 15 is 0 Å². The predicted molar refractivity (Wildman–Crippen MR) is 139 cm³/mol. The van der Waals surface area contributed by atoms with E-state index in [2.05, 4.69) is 69.5 Å². The number of aromatic amines is 2. The normalized spacial score (nSPS) is 19.1. The van der Waals surface area contributed by atoms with Crippen LogP contribution in [0.3, 0.4) is 0 Å². The van der Waals surface area contributed by atoms with Crippen LogP contribution in [0, 0.1) is 0 Å². The van der Waals surface area contributed by atoms with Crippen LogP contribution in [-0.2, 0) is 29.6 Å². The van der Waals surface area contributed by atoms with Crippen LogP contribution in [0.5, 0.6) is 0 Å². The lowest BCUT2D eigenvalue weighted by Gasteiger charge is -2.38. The smallest absolute Gasteiger partial charge is 0.237 e. The highest BCUT2D eigenvalue weighted by atomic mass is 16.2. The topological polar surface area (TPSA) is 68.0 Å². The number of aryl methyl sites for hydroxylation is 2. The number of anilines is 1. The minimum absolute atomic E-state index is 0.295. The predicted octanol–water partition coefficient (Wildman–Crippen LogP) is 4.95. The van der Waals surface area contributed by atoms with Crippen LogP contribution in [0.25, 0.3) is 22.3 Å². The molecule has 1 saturated heterocycles. The van der Waals surface area contributed by atoms with Gasteiger partial charge >= 0.3 is 0 Å². The second-order valence-corrected chi connectivity index (χ2v) is 10.4. The van der Waals surface area contributed by atoms with Gasteiger partial charge in [0.2, 0.25) is 5.91 Å². The van der Waals surface area contributed by atoms with Crippen LogP contribution < -0.4 is 4.90 Å². The molecule has 2 N–H and O–H groups in total. The van der Waals surface area contributed by atoms with Gasteiger partial charge in [-0.25, -0.2) is 0 Å². The van der Waals surface area contributed by atoms with Crippen LogP contribution in [-0.4, -0.2) is 45.6 Å². The molecule has 0 saturated carbocycles. The van der Waals surface area contributed by atoms with Crippen molar-refractivity contribution in [2.45, 2.75) is 51.0 Å². The number of aromatic nitrogens is 3. The molecule has 2 aromatic heterocycles. The van der Waals surface area contributed by atoms with E-state index in [4.69, 9.17) is 0 Å². The van der Waals surface area contributed by atoms with E-state index < -0.39 is 5.41 Å². The van der Waals surface area contributed by atoms with Gasteiger partial charge in [-0.15, -0.1) is 0 Å². The van der Waals surface area contributed by atoms with Crippen LogP contribution in [0.2, 0.25) is 0 Å². The zero-order valence-electron chi connectivity index (χ0n) is 20.2. The maximum absolute atomic E-state index is 13.9. The Kier molecular flexibility index (Phi) is 4.68. The Morgan fingerprint density at radius 1 is 1.06 bits per heavy atom. The summed E-state index contributed by atoms with van der Waals surface area (Å²) in [7, 11) is 0. The largest absolute Gasteiger partial charge is 0.353 e. The molecule has 35 heavy (non-hydrogen) atoms. The number of carbonyl (C=O) groups is 1. The van der Waals surface area contributed by atoms with Crippen molar-refractivity contribution in [2.75, 3.05) is 24.5 Å². The van der Waals surface area contributed by atoms with Crippen LogP contribution in [0.15, 0.2) is 48.7 Å². The van der Waals surface area contributed by atoms with Gasteiger partial charge in [-0.1, -0.05) is 30.3 Å². The Balaban J connectivity index is 1.28. The Hall–Kier alpha value is -3.38. The average Bonchev–Trinajstić information content (AvgIpc) is 3.51. The quantitative estimate of drug-likeness (QED) is 0.450. The van der Waals surface area contributed by atoms with Gasteiger partial charge in [0.25, 0.3) is 0 Å². The Morgan fingerprint density at radius 2 is 1.89 bits per heavy atom. The fourth-order valence-corrected chi connectivity index (χ4v) is 6.75. The third-order valence-corrected chi connectivity index (χ3v) is 8.60. The number of likely N-dealkylation sites (N-methyl/N-ethyl adjacent to an activating group) is 1. The summed E-state index contributed by atoms with van der Waals surface area (Å²) in [6, 6.07) is 15.3. The number of fused-ring (bicyclic) bond motifs is 7. The Labute approximate surface area is 205 Å². The highest BCUT2D eigenvalue weighted by Crippen LogP contribution is 2.50. The third kappa shape index (κ3) is 3.05. The molecule has 1 aliphatic carbocycles. The van der Waals surface area contributed by atoms with E-state index in [1.165, 1.54) is 33.3 Å². The summed E-state index contributed by atoms with van der Waals surface area (Å²) in [5, 5.41) is 8.80. The number of likely N-dealkylation sites (tertiary alicyclic amines) is 1. The lowest BCUT2D eigenvalue weighted by atomic mass is 9.73. The first-order chi connectivity index (χ1) is 17.2. The monoisotopic (exact) mass is 465 g/mol. The second kappa shape index (κ2) is 7.82. The number of H-pyrrole nitrogens is 2. The molecule has 4 aromatic rings. The van der Waals surface area contributed by atoms with Crippen LogP contribution in [0.1, 0.15) is 48.4 Å². The molecule has 1 fully saturated rings. The highest BCUT2D eigenvalue weighted by Gasteiger charge is 2.51. The first-order valence-electron chi connectivity index (χ1n) is 13.0. The van der Waals surface area contributed by atoms with Crippen molar-refractivity contribution in [2.24, 2.45) is 0 Å². The van der Waals surface area contributed by atoms with Gasteiger partial charge < -0.3 is 9.88 Å². The maximum Gasteiger partial charge on any atom is 0.237 e. The van der Waals surface area contributed by atoms with Crippen molar-refractivity contribution in [1.82, 2.24) is 20.1 Å². The molecule has 1 amide bonds. The summed E-state index contributed by atoms with van der Waals surface area (Å²) in [4.78, 5) is 22.2. The Morgan fingerprint density at radius 3 is 2.69 bits per heavy atom. The van der Waals surface area contributed by atoms with Crippen LogP contribution in [0.4, 0.5) is 5.69 Å². The number of piperidine rings is 1. The molecular formula is C29H31N5O. The number of hydrogen-bond acceptors (Lipinski definition) is 3. The SMILES string of the molecule is CCN1C(=O)C2(CCN(Cc3ccccc3)CC2)c2cc3[nH]c4c(c3cc21)CCCc1cn[nH]c1-4. The second-order valence-electron chi connectivity index (χ2n) is 10.4. The van der Waals surface area contributed by atoms with Gasteiger partial charge in [0, 0.05) is 29.7 Å². The summed E-state index contributed by atoms with van der Waals surface area (Å²) in [5.74, 6) is 0.295. The fourth-order valence-electron chi connectivity index (χ4n) is 6.75. The molecule has 0 bridgehead atoms. The fraction of sp³-hybridized carbons (Fsp3) is 0.379. The molecule has 2 aromatic carbocycles. The average molecular weight is 466 g/mol. The molecular weight excluding hydrogens is 434 g/mol. The van der Waals surface area contributed by atoms with Crippen molar-refractivity contribution < 1.29 is 4.79 Å². The van der Waals surface area contributed by atoms with Gasteiger partial charge in [-0.05, 0) is 86.5 Å². The molecule has 6 nitrogen and oxygen atoms in total. The van der Waals surface area contributed by atoms with E-state index in [9.17, 15) is 4.79 Å². The number of rotatable bonds is 3. The summed E-state index contributed by atoms with van der Waals surface area (Å²) >= 11 is 0. The van der Waals surface area contributed by atoms with Gasteiger partial charge in [0.15, 0.2) is 0 Å². The summed E-state index contributed by atoms with van der Waals surface area (Å²) < 4.78 is 0. The van der Waals surface area contributed by atoms with Crippen molar-refractivity contribution in [3.8, 4) is 11.4 Å². The molecule has 4 heterocycles. The lowest BCUT2D eigenvalue weighted by Crippen LogP contribution is -2.48. The number of amides is 1. The number of carbonyl (C=O) groups excluding carboxylic acids is 1. The maximum atomic E-state index is 13.9. The molecule has 0 unspecified atom stereocenters. The van der Waals surface area contributed by atoms with E-state index in [0.717, 1.165) is 68.6 Å².